The normalized spacial score (nSPS) is 8.77. The van der Waals surface area contributed by atoms with Crippen LogP contribution in [0, 0.1) is 0 Å². The Morgan fingerprint density at radius 1 is 0.692 bits per heavy atom. The summed E-state index contributed by atoms with van der Waals surface area (Å²) in [7, 11) is 0. The molecule has 0 nitrogen and oxygen atoms in total. The minimum atomic E-state index is 0. The largest absolute Gasteiger partial charge is 0.147 e. The van der Waals surface area contributed by atoms with E-state index < -0.39 is 0 Å². The summed E-state index contributed by atoms with van der Waals surface area (Å²) in [4.78, 5) is 0. The molecule has 0 aliphatic heterocycles. The van der Waals surface area contributed by atoms with Gasteiger partial charge in [0.15, 0.2) is 0 Å². The molecular formula is C10H24Cl2Sn. The van der Waals surface area contributed by atoms with E-state index in [0.29, 0.717) is 0 Å². The average Bonchev–Trinajstić information content (AvgIpc) is 2.03. The van der Waals surface area contributed by atoms with Crippen LogP contribution in [0.3, 0.4) is 0 Å². The van der Waals surface area contributed by atoms with Crippen molar-refractivity contribution in [1.82, 2.24) is 0 Å². The third-order valence-corrected chi connectivity index (χ3v) is 5.95. The van der Waals surface area contributed by atoms with E-state index in [1.54, 1.807) is 8.87 Å². The van der Waals surface area contributed by atoms with Crippen molar-refractivity contribution < 1.29 is 0 Å². The molecule has 0 heterocycles. The van der Waals surface area contributed by atoms with Gasteiger partial charge < -0.3 is 0 Å². The van der Waals surface area contributed by atoms with Crippen molar-refractivity contribution >= 4 is 46.0 Å². The van der Waals surface area contributed by atoms with Gasteiger partial charge in [-0.15, -0.1) is 24.8 Å². The van der Waals surface area contributed by atoms with Crippen molar-refractivity contribution in [2.45, 2.75) is 61.2 Å². The van der Waals surface area contributed by atoms with Crippen molar-refractivity contribution in [3.8, 4) is 0 Å². The van der Waals surface area contributed by atoms with Gasteiger partial charge in [-0.05, 0) is 0 Å². The molecule has 0 unspecified atom stereocenters. The Morgan fingerprint density at radius 2 is 1.08 bits per heavy atom. The Morgan fingerprint density at radius 3 is 1.38 bits per heavy atom. The summed E-state index contributed by atoms with van der Waals surface area (Å²) in [6.45, 7) is 4.59. The van der Waals surface area contributed by atoms with Crippen LogP contribution < -0.4 is 0 Å². The van der Waals surface area contributed by atoms with Gasteiger partial charge in [0.2, 0.25) is 0 Å². The second kappa shape index (κ2) is 19.0. The van der Waals surface area contributed by atoms with Gasteiger partial charge in [-0.25, -0.2) is 0 Å². The number of unbranched alkanes of at least 4 members (excludes halogenated alkanes) is 4. The first-order valence-corrected chi connectivity index (χ1v) is 9.16. The monoisotopic (exact) mass is 334 g/mol. The summed E-state index contributed by atoms with van der Waals surface area (Å²) < 4.78 is 3.28. The molecule has 0 saturated heterocycles. The quantitative estimate of drug-likeness (QED) is 0.444. The van der Waals surface area contributed by atoms with Crippen LogP contribution in [-0.4, -0.2) is 21.1 Å². The topological polar surface area (TPSA) is 0 Å². The Balaban J connectivity index is -0.000000500. The predicted molar refractivity (Wildman–Crippen MR) is 68.9 cm³/mol. The van der Waals surface area contributed by atoms with Crippen molar-refractivity contribution in [3.05, 3.63) is 0 Å². The van der Waals surface area contributed by atoms with Gasteiger partial charge in [-0.2, -0.15) is 0 Å². The summed E-state index contributed by atoms with van der Waals surface area (Å²) in [6, 6.07) is 0. The number of rotatable bonds is 8. The Kier molecular flexibility index (Phi) is 29.1. The standard InChI is InChI=1S/2C5H11.2ClH.Sn/c2*1-3-5-4-2;;;/h2*1,3-5H2,2H3;2*1H;. The van der Waals surface area contributed by atoms with Gasteiger partial charge in [0, 0.05) is 0 Å². The van der Waals surface area contributed by atoms with Gasteiger partial charge in [0.05, 0.1) is 0 Å². The van der Waals surface area contributed by atoms with Crippen LogP contribution in [0.4, 0.5) is 0 Å². The van der Waals surface area contributed by atoms with Gasteiger partial charge >= 0.3 is 82.4 Å². The van der Waals surface area contributed by atoms with Crippen molar-refractivity contribution in [3.63, 3.8) is 0 Å². The fraction of sp³-hybridized carbons (Fsp3) is 1.00. The van der Waals surface area contributed by atoms with Crippen LogP contribution in [0.1, 0.15) is 52.4 Å². The minimum Gasteiger partial charge on any atom is -0.147 e. The molecule has 0 atom stereocenters. The molecule has 0 aliphatic carbocycles. The molecule has 82 valence electrons. The Labute approximate surface area is 107 Å². The van der Waals surface area contributed by atoms with Gasteiger partial charge in [-0.3, -0.25) is 0 Å². The first kappa shape index (κ1) is 19.9. The van der Waals surface area contributed by atoms with Crippen LogP contribution in [0.25, 0.3) is 0 Å². The molecule has 0 aromatic heterocycles. The van der Waals surface area contributed by atoms with Gasteiger partial charge in [-0.1, -0.05) is 0 Å². The molecule has 2 radical (unpaired) electrons. The number of hydrogen-bond donors (Lipinski definition) is 0. The van der Waals surface area contributed by atoms with Crippen molar-refractivity contribution in [2.75, 3.05) is 0 Å². The zero-order valence-electron chi connectivity index (χ0n) is 8.97. The molecule has 0 aliphatic rings. The molecule has 0 saturated carbocycles. The van der Waals surface area contributed by atoms with E-state index in [1.807, 2.05) is 0 Å². The molecule has 0 spiro atoms. The van der Waals surface area contributed by atoms with Crippen LogP contribution >= 0.6 is 24.8 Å². The molecule has 0 bridgehead atoms. The molecule has 0 N–H and O–H groups in total. The molecule has 0 aromatic rings. The fourth-order valence-corrected chi connectivity index (χ4v) is 4.69. The second-order valence-corrected chi connectivity index (χ2v) is 7.45. The maximum Gasteiger partial charge on any atom is -0.147 e. The molecule has 3 heteroatoms. The molecule has 0 rings (SSSR count). The summed E-state index contributed by atoms with van der Waals surface area (Å²) in [6.07, 6.45) is 8.83. The van der Waals surface area contributed by atoms with Crippen LogP contribution in [0.15, 0.2) is 0 Å². The maximum absolute atomic E-state index is 2.29. The third-order valence-electron chi connectivity index (χ3n) is 1.91. The van der Waals surface area contributed by atoms with Crippen molar-refractivity contribution in [1.29, 1.82) is 0 Å². The number of hydrogen-bond acceptors (Lipinski definition) is 0. The average molecular weight is 334 g/mol. The number of halogens is 2. The maximum atomic E-state index is 2.29. The zero-order chi connectivity index (χ0) is 8.36. The van der Waals surface area contributed by atoms with E-state index in [1.165, 1.54) is 38.5 Å². The van der Waals surface area contributed by atoms with Gasteiger partial charge in [0.25, 0.3) is 0 Å². The second-order valence-electron chi connectivity index (χ2n) is 3.16. The van der Waals surface area contributed by atoms with Crippen molar-refractivity contribution in [2.24, 2.45) is 0 Å². The summed E-state index contributed by atoms with van der Waals surface area (Å²) >= 11 is 0.124. The van der Waals surface area contributed by atoms with E-state index in [0.717, 1.165) is 0 Å². The smallest absolute Gasteiger partial charge is 0.147 e. The molecule has 13 heavy (non-hydrogen) atoms. The summed E-state index contributed by atoms with van der Waals surface area (Å²) in [5.41, 5.74) is 0. The Bertz CT molecular complexity index is 61.9. The van der Waals surface area contributed by atoms with Crippen LogP contribution in [-0.2, 0) is 0 Å². The first-order valence-electron chi connectivity index (χ1n) is 5.12. The zero-order valence-corrected chi connectivity index (χ0v) is 13.5. The van der Waals surface area contributed by atoms with Crippen LogP contribution in [0.2, 0.25) is 8.87 Å². The van der Waals surface area contributed by atoms with Crippen LogP contribution in [0.5, 0.6) is 0 Å². The first-order chi connectivity index (χ1) is 5.41. The van der Waals surface area contributed by atoms with E-state index >= 15 is 0 Å². The molecule has 0 amide bonds. The summed E-state index contributed by atoms with van der Waals surface area (Å²) in [5, 5.41) is 0. The molecule has 0 fully saturated rings. The SMILES string of the molecule is CCCC[CH2][Sn][CH2]CCCC.Cl.Cl. The minimum absolute atomic E-state index is 0. The fourth-order valence-electron chi connectivity index (χ4n) is 1.12. The molecule has 0 aromatic carbocycles. The van der Waals surface area contributed by atoms with E-state index in [4.69, 9.17) is 0 Å². The van der Waals surface area contributed by atoms with E-state index in [2.05, 4.69) is 13.8 Å². The predicted octanol–water partition coefficient (Wildman–Crippen LogP) is 4.75. The third kappa shape index (κ3) is 19.7. The van der Waals surface area contributed by atoms with E-state index in [9.17, 15) is 0 Å². The molecular weight excluding hydrogens is 310 g/mol. The van der Waals surface area contributed by atoms with Gasteiger partial charge in [0.1, 0.15) is 0 Å². The summed E-state index contributed by atoms with van der Waals surface area (Å²) in [5.74, 6) is 0. The van der Waals surface area contributed by atoms with E-state index in [-0.39, 0.29) is 46.0 Å². The Hall–Kier alpha value is 1.38.